The number of likely N-dealkylation sites (tertiary alicyclic amines) is 1. The van der Waals surface area contributed by atoms with Crippen molar-refractivity contribution in [1.82, 2.24) is 14.9 Å². The van der Waals surface area contributed by atoms with E-state index < -0.39 is 0 Å². The van der Waals surface area contributed by atoms with Crippen LogP contribution in [0.2, 0.25) is 0 Å². The Hall–Kier alpha value is -2.23. The largest absolute Gasteiger partial charge is 0.334 e. The fourth-order valence-electron chi connectivity index (χ4n) is 3.00. The molecule has 2 aromatic rings. The van der Waals surface area contributed by atoms with Crippen molar-refractivity contribution in [2.24, 2.45) is 5.92 Å². The molecule has 4 nitrogen and oxygen atoms in total. The van der Waals surface area contributed by atoms with Gasteiger partial charge in [-0.05, 0) is 18.4 Å². The normalized spacial score (nSPS) is 22.5. The van der Waals surface area contributed by atoms with Gasteiger partial charge in [-0.3, -0.25) is 4.79 Å². The van der Waals surface area contributed by atoms with Crippen LogP contribution >= 0.6 is 0 Å². The van der Waals surface area contributed by atoms with Crippen LogP contribution in [0.15, 0.2) is 49.1 Å². The standard InChI is InChI=1S/C17H19N3O/c1-12-10-20(16(12)14-6-4-3-5-7-14)17(21)13(2)15-8-18-11-19-9-15/h3-9,11-13,16H,10H2,1-2H3/t12-,13-,16-/m0/s1. The molecule has 0 aliphatic carbocycles. The Labute approximate surface area is 124 Å². The van der Waals surface area contributed by atoms with Gasteiger partial charge in [0.1, 0.15) is 6.33 Å². The molecule has 3 rings (SSSR count). The molecule has 108 valence electrons. The molecule has 4 heteroatoms. The maximum atomic E-state index is 12.7. The van der Waals surface area contributed by atoms with Crippen LogP contribution in [0.1, 0.15) is 36.9 Å². The van der Waals surface area contributed by atoms with Crippen LogP contribution in [-0.4, -0.2) is 27.3 Å². The Morgan fingerprint density at radius 1 is 1.24 bits per heavy atom. The second kappa shape index (κ2) is 5.64. The van der Waals surface area contributed by atoms with Gasteiger partial charge in [-0.15, -0.1) is 0 Å². The van der Waals surface area contributed by atoms with Gasteiger partial charge in [0.2, 0.25) is 5.91 Å². The van der Waals surface area contributed by atoms with Crippen LogP contribution in [0, 0.1) is 5.92 Å². The van der Waals surface area contributed by atoms with E-state index in [0.717, 1.165) is 12.1 Å². The summed E-state index contributed by atoms with van der Waals surface area (Å²) in [5.74, 6) is 0.442. The van der Waals surface area contributed by atoms with Crippen LogP contribution in [0.3, 0.4) is 0 Å². The summed E-state index contributed by atoms with van der Waals surface area (Å²) in [5, 5.41) is 0. The van der Waals surface area contributed by atoms with E-state index >= 15 is 0 Å². The molecule has 3 atom stereocenters. The lowest BCUT2D eigenvalue weighted by molar-refractivity contribution is -0.144. The SMILES string of the molecule is C[C@H](C(=O)N1C[C@H](C)[C@H]1c1ccccc1)c1cncnc1. The highest BCUT2D eigenvalue weighted by atomic mass is 16.2. The topological polar surface area (TPSA) is 46.1 Å². The lowest BCUT2D eigenvalue weighted by Crippen LogP contribution is -2.52. The maximum Gasteiger partial charge on any atom is 0.230 e. The zero-order valence-electron chi connectivity index (χ0n) is 12.3. The summed E-state index contributed by atoms with van der Waals surface area (Å²) in [5.41, 5.74) is 2.08. The van der Waals surface area contributed by atoms with Crippen molar-refractivity contribution in [2.75, 3.05) is 6.54 Å². The van der Waals surface area contributed by atoms with Crippen LogP contribution in [0.25, 0.3) is 0 Å². The fourth-order valence-corrected chi connectivity index (χ4v) is 3.00. The van der Waals surface area contributed by atoms with Crippen LogP contribution in [-0.2, 0) is 4.79 Å². The molecular weight excluding hydrogens is 262 g/mol. The van der Waals surface area contributed by atoms with Crippen molar-refractivity contribution in [3.63, 3.8) is 0 Å². The first-order valence-electron chi connectivity index (χ1n) is 7.29. The molecule has 0 unspecified atom stereocenters. The summed E-state index contributed by atoms with van der Waals surface area (Å²) in [6.07, 6.45) is 4.92. The van der Waals surface area contributed by atoms with E-state index in [1.807, 2.05) is 30.0 Å². The highest BCUT2D eigenvalue weighted by Crippen LogP contribution is 2.40. The molecule has 1 aromatic carbocycles. The van der Waals surface area contributed by atoms with E-state index in [4.69, 9.17) is 0 Å². The summed E-state index contributed by atoms with van der Waals surface area (Å²) in [6.45, 7) is 4.93. The lowest BCUT2D eigenvalue weighted by Gasteiger charge is -2.48. The molecule has 2 heterocycles. The highest BCUT2D eigenvalue weighted by molar-refractivity contribution is 5.84. The van der Waals surface area contributed by atoms with Gasteiger partial charge >= 0.3 is 0 Å². The summed E-state index contributed by atoms with van der Waals surface area (Å²) in [6, 6.07) is 10.4. The van der Waals surface area contributed by atoms with Gasteiger partial charge < -0.3 is 4.90 Å². The Balaban J connectivity index is 1.79. The summed E-state index contributed by atoms with van der Waals surface area (Å²) >= 11 is 0. The molecule has 21 heavy (non-hydrogen) atoms. The van der Waals surface area contributed by atoms with Crippen molar-refractivity contribution in [1.29, 1.82) is 0 Å². The smallest absolute Gasteiger partial charge is 0.230 e. The van der Waals surface area contributed by atoms with E-state index in [1.165, 1.54) is 11.9 Å². The van der Waals surface area contributed by atoms with Gasteiger partial charge in [-0.1, -0.05) is 37.3 Å². The molecule has 1 amide bonds. The van der Waals surface area contributed by atoms with Crippen LogP contribution < -0.4 is 0 Å². The molecule has 0 bridgehead atoms. The predicted molar refractivity (Wildman–Crippen MR) is 80.5 cm³/mol. The molecule has 0 saturated carbocycles. The molecule has 0 N–H and O–H groups in total. The molecular formula is C17H19N3O. The second-order valence-electron chi connectivity index (χ2n) is 5.72. The summed E-state index contributed by atoms with van der Waals surface area (Å²) in [7, 11) is 0. The number of aromatic nitrogens is 2. The van der Waals surface area contributed by atoms with Crippen LogP contribution in [0.4, 0.5) is 0 Å². The number of amides is 1. The Kier molecular flexibility index (Phi) is 3.69. The summed E-state index contributed by atoms with van der Waals surface area (Å²) in [4.78, 5) is 22.7. The van der Waals surface area contributed by atoms with E-state index in [0.29, 0.717) is 5.92 Å². The van der Waals surface area contributed by atoms with Crippen molar-refractivity contribution in [3.05, 3.63) is 60.2 Å². The fraction of sp³-hybridized carbons (Fsp3) is 0.353. The number of hydrogen-bond donors (Lipinski definition) is 0. The molecule has 1 fully saturated rings. The number of carbonyl (C=O) groups is 1. The molecule has 0 radical (unpaired) electrons. The molecule has 1 aliphatic rings. The van der Waals surface area contributed by atoms with E-state index in [9.17, 15) is 4.79 Å². The number of nitrogens with zero attached hydrogens (tertiary/aromatic N) is 3. The van der Waals surface area contributed by atoms with Gasteiger partial charge in [0.25, 0.3) is 0 Å². The monoisotopic (exact) mass is 281 g/mol. The molecule has 1 aliphatic heterocycles. The number of carbonyl (C=O) groups excluding carboxylic acids is 1. The van der Waals surface area contributed by atoms with Crippen molar-refractivity contribution in [2.45, 2.75) is 25.8 Å². The maximum absolute atomic E-state index is 12.7. The number of benzene rings is 1. The van der Waals surface area contributed by atoms with E-state index in [-0.39, 0.29) is 17.9 Å². The Bertz CT molecular complexity index is 614. The van der Waals surface area contributed by atoms with Gasteiger partial charge in [0.05, 0.1) is 12.0 Å². The second-order valence-corrected chi connectivity index (χ2v) is 5.72. The zero-order chi connectivity index (χ0) is 14.8. The Morgan fingerprint density at radius 3 is 2.52 bits per heavy atom. The number of hydrogen-bond acceptors (Lipinski definition) is 3. The van der Waals surface area contributed by atoms with Crippen molar-refractivity contribution >= 4 is 5.91 Å². The van der Waals surface area contributed by atoms with Gasteiger partial charge in [-0.2, -0.15) is 0 Å². The first kappa shape index (κ1) is 13.7. The number of rotatable bonds is 3. The highest BCUT2D eigenvalue weighted by Gasteiger charge is 2.41. The lowest BCUT2D eigenvalue weighted by atomic mass is 9.83. The third-order valence-electron chi connectivity index (χ3n) is 4.23. The molecule has 0 spiro atoms. The minimum atomic E-state index is -0.204. The Morgan fingerprint density at radius 2 is 1.90 bits per heavy atom. The molecule has 1 aromatic heterocycles. The van der Waals surface area contributed by atoms with Crippen molar-refractivity contribution < 1.29 is 4.79 Å². The zero-order valence-corrected chi connectivity index (χ0v) is 12.3. The first-order valence-corrected chi connectivity index (χ1v) is 7.29. The quantitative estimate of drug-likeness (QED) is 0.869. The van der Waals surface area contributed by atoms with Gasteiger partial charge in [0, 0.05) is 24.5 Å². The average molecular weight is 281 g/mol. The van der Waals surface area contributed by atoms with Gasteiger partial charge in [0.15, 0.2) is 0 Å². The first-order chi connectivity index (χ1) is 10.2. The predicted octanol–water partition coefficient (Wildman–Crippen LogP) is 2.80. The third-order valence-corrected chi connectivity index (χ3v) is 4.23. The minimum absolute atomic E-state index is 0.150. The van der Waals surface area contributed by atoms with E-state index in [1.54, 1.807) is 12.4 Å². The molecule has 1 saturated heterocycles. The minimum Gasteiger partial charge on any atom is -0.334 e. The third kappa shape index (κ3) is 2.53. The van der Waals surface area contributed by atoms with Gasteiger partial charge in [-0.25, -0.2) is 9.97 Å². The average Bonchev–Trinajstić information content (AvgIpc) is 2.53. The summed E-state index contributed by atoms with van der Waals surface area (Å²) < 4.78 is 0. The van der Waals surface area contributed by atoms with Crippen LogP contribution in [0.5, 0.6) is 0 Å². The van der Waals surface area contributed by atoms with E-state index in [2.05, 4.69) is 29.0 Å². The van der Waals surface area contributed by atoms with Crippen molar-refractivity contribution in [3.8, 4) is 0 Å².